The van der Waals surface area contributed by atoms with Crippen LogP contribution in [0.4, 0.5) is 4.39 Å². The fourth-order valence-corrected chi connectivity index (χ4v) is 4.53. The van der Waals surface area contributed by atoms with Crippen LogP contribution in [0.25, 0.3) is 15.9 Å². The van der Waals surface area contributed by atoms with Crippen molar-refractivity contribution in [2.75, 3.05) is 14.2 Å². The van der Waals surface area contributed by atoms with E-state index in [1.165, 1.54) is 23.5 Å². The number of halogens is 1. The number of hydrogen-bond acceptors (Lipinski definition) is 4. The number of aromatic nitrogens is 2. The zero-order valence-corrected chi connectivity index (χ0v) is 18.0. The lowest BCUT2D eigenvalue weighted by molar-refractivity contribution is 0.0747. The number of thiophene rings is 1. The third-order valence-corrected chi connectivity index (χ3v) is 6.42. The van der Waals surface area contributed by atoms with Gasteiger partial charge in [-0.1, -0.05) is 12.1 Å². The van der Waals surface area contributed by atoms with Crippen LogP contribution in [0.2, 0.25) is 0 Å². The Balaban J connectivity index is 1.64. The molecule has 0 aliphatic rings. The number of benzene rings is 2. The first-order valence-corrected chi connectivity index (χ1v) is 10.4. The third-order valence-electron chi connectivity index (χ3n) is 5.33. The van der Waals surface area contributed by atoms with Crippen LogP contribution in [0.3, 0.4) is 0 Å². The maximum Gasteiger partial charge on any atom is 0.264 e. The summed E-state index contributed by atoms with van der Waals surface area (Å²) < 4.78 is 20.3. The summed E-state index contributed by atoms with van der Waals surface area (Å²) in [6.45, 7) is 3.91. The monoisotopic (exact) mass is 423 g/mol. The summed E-state index contributed by atoms with van der Waals surface area (Å²) in [6, 6.07) is 15.7. The van der Waals surface area contributed by atoms with E-state index >= 15 is 0 Å². The molecule has 0 aliphatic heterocycles. The van der Waals surface area contributed by atoms with Crippen molar-refractivity contribution in [1.82, 2.24) is 14.7 Å². The smallest absolute Gasteiger partial charge is 0.264 e. The second-order valence-electron chi connectivity index (χ2n) is 7.17. The van der Waals surface area contributed by atoms with Gasteiger partial charge in [-0.3, -0.25) is 4.79 Å². The lowest BCUT2D eigenvalue weighted by atomic mass is 10.1. The number of hydrogen-bond donors (Lipinski definition) is 0. The number of rotatable bonds is 5. The molecular formula is C23H22FN3O2S. The number of ether oxygens (including phenoxy) is 1. The molecule has 1 unspecified atom stereocenters. The van der Waals surface area contributed by atoms with E-state index in [0.717, 1.165) is 32.9 Å². The summed E-state index contributed by atoms with van der Waals surface area (Å²) in [5, 5.41) is 5.49. The molecular weight excluding hydrogens is 401 g/mol. The number of methoxy groups -OCH3 is 1. The van der Waals surface area contributed by atoms with Gasteiger partial charge < -0.3 is 9.64 Å². The van der Waals surface area contributed by atoms with E-state index in [1.807, 2.05) is 44.2 Å². The van der Waals surface area contributed by atoms with Crippen LogP contribution in [0, 0.1) is 12.7 Å². The van der Waals surface area contributed by atoms with Gasteiger partial charge >= 0.3 is 0 Å². The van der Waals surface area contributed by atoms with Gasteiger partial charge in [0.15, 0.2) is 0 Å². The minimum Gasteiger partial charge on any atom is -0.497 e. The first-order chi connectivity index (χ1) is 14.4. The molecule has 0 spiro atoms. The number of aryl methyl sites for hydroxylation is 1. The van der Waals surface area contributed by atoms with Crippen LogP contribution in [0.1, 0.15) is 33.9 Å². The molecule has 0 fully saturated rings. The highest BCUT2D eigenvalue weighted by atomic mass is 32.1. The lowest BCUT2D eigenvalue weighted by Gasteiger charge is -2.25. The molecule has 0 bridgehead atoms. The van der Waals surface area contributed by atoms with Crippen LogP contribution in [0.5, 0.6) is 5.75 Å². The maximum absolute atomic E-state index is 13.3. The molecule has 5 nitrogen and oxygen atoms in total. The van der Waals surface area contributed by atoms with Crippen molar-refractivity contribution in [2.45, 2.75) is 19.9 Å². The normalized spacial score (nSPS) is 12.2. The van der Waals surface area contributed by atoms with E-state index in [0.29, 0.717) is 4.88 Å². The van der Waals surface area contributed by atoms with Gasteiger partial charge in [-0.05, 0) is 61.9 Å². The predicted octanol–water partition coefficient (Wildman–Crippen LogP) is 5.38. The first kappa shape index (κ1) is 20.1. The Morgan fingerprint density at radius 2 is 1.83 bits per heavy atom. The lowest BCUT2D eigenvalue weighted by Crippen LogP contribution is -2.29. The highest BCUT2D eigenvalue weighted by Crippen LogP contribution is 2.32. The number of carbonyl (C=O) groups is 1. The summed E-state index contributed by atoms with van der Waals surface area (Å²) in [6.07, 6.45) is 0. The molecule has 0 saturated carbocycles. The molecule has 1 amide bonds. The Hall–Kier alpha value is -3.19. The van der Waals surface area contributed by atoms with Crippen molar-refractivity contribution in [3.05, 3.63) is 76.5 Å². The molecule has 2 aromatic carbocycles. The van der Waals surface area contributed by atoms with Crippen molar-refractivity contribution in [2.24, 2.45) is 0 Å². The quantitative estimate of drug-likeness (QED) is 0.433. The van der Waals surface area contributed by atoms with Crippen molar-refractivity contribution in [3.8, 4) is 11.4 Å². The highest BCUT2D eigenvalue weighted by molar-refractivity contribution is 7.20. The van der Waals surface area contributed by atoms with Crippen LogP contribution in [0.15, 0.2) is 54.6 Å². The summed E-state index contributed by atoms with van der Waals surface area (Å²) in [7, 11) is 3.44. The molecule has 2 aromatic heterocycles. The fraction of sp³-hybridized carbons (Fsp3) is 0.217. The molecule has 2 heterocycles. The second kappa shape index (κ2) is 7.91. The summed E-state index contributed by atoms with van der Waals surface area (Å²) >= 11 is 1.39. The van der Waals surface area contributed by atoms with Crippen molar-refractivity contribution in [3.63, 3.8) is 0 Å². The van der Waals surface area contributed by atoms with E-state index in [1.54, 1.807) is 35.9 Å². The van der Waals surface area contributed by atoms with Gasteiger partial charge in [0.1, 0.15) is 16.4 Å². The van der Waals surface area contributed by atoms with Gasteiger partial charge in [-0.25, -0.2) is 9.07 Å². The van der Waals surface area contributed by atoms with Crippen LogP contribution in [-0.2, 0) is 0 Å². The Morgan fingerprint density at radius 1 is 1.17 bits per heavy atom. The third kappa shape index (κ3) is 3.57. The van der Waals surface area contributed by atoms with Gasteiger partial charge in [0.25, 0.3) is 5.91 Å². The van der Waals surface area contributed by atoms with Crippen molar-refractivity contribution < 1.29 is 13.9 Å². The molecule has 0 radical (unpaired) electrons. The topological polar surface area (TPSA) is 47.4 Å². The molecule has 0 aliphatic carbocycles. The Bertz CT molecular complexity index is 1200. The number of carbonyl (C=O) groups excluding carboxylic acids is 1. The second-order valence-corrected chi connectivity index (χ2v) is 8.20. The fourth-order valence-electron chi connectivity index (χ4n) is 3.37. The molecule has 30 heavy (non-hydrogen) atoms. The first-order valence-electron chi connectivity index (χ1n) is 9.55. The molecule has 4 aromatic rings. The van der Waals surface area contributed by atoms with E-state index in [4.69, 9.17) is 4.74 Å². The van der Waals surface area contributed by atoms with Gasteiger partial charge in [0.2, 0.25) is 0 Å². The Labute approximate surface area is 178 Å². The zero-order valence-electron chi connectivity index (χ0n) is 17.2. The molecule has 7 heteroatoms. The SMILES string of the molecule is COc1ccc(C(C)N(C)C(=O)c2cc3c(C)nn(-c4ccc(F)cc4)c3s2)cc1. The average molecular weight is 424 g/mol. The highest BCUT2D eigenvalue weighted by Gasteiger charge is 2.23. The predicted molar refractivity (Wildman–Crippen MR) is 117 cm³/mol. The Kier molecular flexibility index (Phi) is 5.30. The van der Waals surface area contributed by atoms with Gasteiger partial charge in [-0.15, -0.1) is 11.3 Å². The minimum atomic E-state index is -0.296. The molecule has 0 N–H and O–H groups in total. The van der Waals surface area contributed by atoms with Gasteiger partial charge in [-0.2, -0.15) is 5.10 Å². The molecule has 4 rings (SSSR count). The summed E-state index contributed by atoms with van der Waals surface area (Å²) in [5.74, 6) is 0.435. The minimum absolute atomic E-state index is 0.0513. The van der Waals surface area contributed by atoms with E-state index in [2.05, 4.69) is 5.10 Å². The number of nitrogens with zero attached hydrogens (tertiary/aromatic N) is 3. The molecule has 154 valence electrons. The van der Waals surface area contributed by atoms with E-state index < -0.39 is 0 Å². The standard InChI is InChI=1S/C23H22FN3O2S/c1-14-20-13-21(30-23(20)27(25-14)18-9-7-17(24)8-10-18)22(28)26(3)15(2)16-5-11-19(29-4)12-6-16/h5-13,15H,1-4H3. The van der Waals surface area contributed by atoms with Gasteiger partial charge in [0.05, 0.1) is 29.4 Å². The molecule has 1 atom stereocenters. The van der Waals surface area contributed by atoms with E-state index in [-0.39, 0.29) is 17.8 Å². The van der Waals surface area contributed by atoms with Gasteiger partial charge in [0, 0.05) is 12.4 Å². The summed E-state index contributed by atoms with van der Waals surface area (Å²) in [4.78, 5) is 16.4. The number of fused-ring (bicyclic) bond motifs is 1. The van der Waals surface area contributed by atoms with Crippen molar-refractivity contribution >= 4 is 27.5 Å². The zero-order chi connectivity index (χ0) is 21.4. The Morgan fingerprint density at radius 3 is 2.47 bits per heavy atom. The van der Waals surface area contributed by atoms with Crippen molar-refractivity contribution in [1.29, 1.82) is 0 Å². The van der Waals surface area contributed by atoms with Crippen LogP contribution >= 0.6 is 11.3 Å². The van der Waals surface area contributed by atoms with Crippen LogP contribution < -0.4 is 4.74 Å². The maximum atomic E-state index is 13.3. The number of amides is 1. The average Bonchev–Trinajstić information content (AvgIpc) is 3.33. The molecule has 0 saturated heterocycles. The van der Waals surface area contributed by atoms with E-state index in [9.17, 15) is 9.18 Å². The largest absolute Gasteiger partial charge is 0.497 e. The van der Waals surface area contributed by atoms with Crippen LogP contribution in [-0.4, -0.2) is 34.7 Å². The summed E-state index contributed by atoms with van der Waals surface area (Å²) in [5.41, 5.74) is 2.62.